The van der Waals surface area contributed by atoms with Crippen molar-refractivity contribution in [2.45, 2.75) is 13.1 Å². The number of aromatic amines is 1. The first-order valence-corrected chi connectivity index (χ1v) is 11.7. The van der Waals surface area contributed by atoms with E-state index in [9.17, 15) is 22.8 Å². The van der Waals surface area contributed by atoms with Crippen LogP contribution in [0.1, 0.15) is 23.2 Å². The van der Waals surface area contributed by atoms with Gasteiger partial charge < -0.3 is 5.32 Å². The lowest BCUT2D eigenvalue weighted by Crippen LogP contribution is -2.12. The summed E-state index contributed by atoms with van der Waals surface area (Å²) in [5.74, 6) is -0.398. The summed E-state index contributed by atoms with van der Waals surface area (Å²) in [5, 5.41) is 9.46. The van der Waals surface area contributed by atoms with E-state index in [2.05, 4.69) is 15.5 Å². The third kappa shape index (κ3) is 4.98. The highest BCUT2D eigenvalue weighted by molar-refractivity contribution is 6.32. The van der Waals surface area contributed by atoms with Crippen molar-refractivity contribution in [1.82, 2.24) is 19.6 Å². The first-order chi connectivity index (χ1) is 18.1. The van der Waals surface area contributed by atoms with E-state index in [1.807, 2.05) is 0 Å². The van der Waals surface area contributed by atoms with Gasteiger partial charge in [-0.1, -0.05) is 35.9 Å². The van der Waals surface area contributed by atoms with Gasteiger partial charge in [-0.05, 0) is 61.5 Å². The molecule has 5 rings (SSSR count). The van der Waals surface area contributed by atoms with E-state index in [-0.39, 0.29) is 17.7 Å². The number of alkyl halides is 3. The minimum Gasteiger partial charge on any atom is -0.322 e. The molecule has 0 fully saturated rings. The summed E-state index contributed by atoms with van der Waals surface area (Å²) in [4.78, 5) is 24.3. The van der Waals surface area contributed by atoms with Crippen LogP contribution in [0, 0.1) is 6.92 Å². The predicted molar refractivity (Wildman–Crippen MR) is 140 cm³/mol. The van der Waals surface area contributed by atoms with Crippen molar-refractivity contribution < 1.29 is 19.4 Å². The lowest BCUT2D eigenvalue weighted by atomic mass is 10.1. The van der Waals surface area contributed by atoms with E-state index in [1.165, 1.54) is 18.2 Å². The molecule has 7 nitrogen and oxygen atoms in total. The summed E-state index contributed by atoms with van der Waals surface area (Å²) >= 11 is 6.23. The number of aromatic nitrogens is 4. The molecule has 0 saturated carbocycles. The molecule has 5 aromatic rings. The number of aryl methyl sites for hydroxylation is 1. The maximum absolute atomic E-state index is 13.5. The van der Waals surface area contributed by atoms with Gasteiger partial charge in [0.05, 0.1) is 22.1 Å². The van der Waals surface area contributed by atoms with Gasteiger partial charge in [-0.3, -0.25) is 19.4 Å². The van der Waals surface area contributed by atoms with Crippen LogP contribution < -0.4 is 10.9 Å². The number of carbonyl (C=O) groups is 1. The number of rotatable bonds is 5. The monoisotopic (exact) mass is 539 g/mol. The molecule has 2 aromatic heterocycles. The fourth-order valence-corrected chi connectivity index (χ4v) is 4.19. The number of hydrogen-bond acceptors (Lipinski definition) is 3. The van der Waals surface area contributed by atoms with Gasteiger partial charge in [0.15, 0.2) is 5.69 Å². The summed E-state index contributed by atoms with van der Waals surface area (Å²) < 4.78 is 43.1. The average molecular weight is 540 g/mol. The second kappa shape index (κ2) is 9.71. The number of anilines is 1. The summed E-state index contributed by atoms with van der Waals surface area (Å²) in [7, 11) is 0. The molecule has 0 aliphatic heterocycles. The van der Waals surface area contributed by atoms with Crippen LogP contribution in [-0.4, -0.2) is 25.5 Å². The molecule has 0 aliphatic rings. The van der Waals surface area contributed by atoms with Crippen molar-refractivity contribution in [2.75, 3.05) is 5.32 Å². The predicted octanol–water partition coefficient (Wildman–Crippen LogP) is 6.50. The Hall–Kier alpha value is -4.57. The Morgan fingerprint density at radius 1 is 1.00 bits per heavy atom. The van der Waals surface area contributed by atoms with Gasteiger partial charge in [-0.15, -0.1) is 0 Å². The fourth-order valence-electron chi connectivity index (χ4n) is 3.97. The van der Waals surface area contributed by atoms with Gasteiger partial charge in [0, 0.05) is 30.0 Å². The number of halogens is 4. The maximum atomic E-state index is 13.5. The van der Waals surface area contributed by atoms with Crippen molar-refractivity contribution in [3.63, 3.8) is 0 Å². The highest BCUT2D eigenvalue weighted by Crippen LogP contribution is 2.34. The number of carbonyl (C=O) groups excluding carboxylic acids is 1. The molecule has 0 spiro atoms. The molecule has 38 heavy (non-hydrogen) atoms. The molecular weight excluding hydrogens is 519 g/mol. The standard InChI is InChI=1S/C27H19ClF3N5O2.H2/c1-16-14-25(37)34-35(16)20-12-10-19(11-13-20)32-26(38)18-8-6-17(7-9-18)23-15-24(27(29,30)31)33-36(23)22-5-3-2-4-21(22)28;/h2-15H,1H3,(H,32,38)(H,34,37);1H. The zero-order valence-corrected chi connectivity index (χ0v) is 20.5. The van der Waals surface area contributed by atoms with Gasteiger partial charge in [0.2, 0.25) is 0 Å². The Kier molecular flexibility index (Phi) is 6.41. The average Bonchev–Trinajstić information content (AvgIpc) is 3.48. The summed E-state index contributed by atoms with van der Waals surface area (Å²) in [5.41, 5.74) is 1.92. The van der Waals surface area contributed by atoms with Gasteiger partial charge in [0.1, 0.15) is 0 Å². The van der Waals surface area contributed by atoms with Crippen LogP contribution in [0.25, 0.3) is 22.6 Å². The maximum Gasteiger partial charge on any atom is 0.435 e. The quantitative estimate of drug-likeness (QED) is 0.267. The summed E-state index contributed by atoms with van der Waals surface area (Å²) in [6.07, 6.45) is -4.65. The number of para-hydroxylation sites is 1. The minimum absolute atomic E-state index is 0. The SMILES string of the molecule is Cc1cc(=O)[nH]n1-c1ccc(NC(=O)c2ccc(-c3cc(C(F)(F)F)nn3-c3ccccc3Cl)cc2)cc1.[HH]. The molecule has 3 aromatic carbocycles. The van der Waals surface area contributed by atoms with Crippen LogP contribution in [-0.2, 0) is 6.18 Å². The number of nitrogens with zero attached hydrogens (tertiary/aromatic N) is 3. The minimum atomic E-state index is -4.65. The molecule has 0 unspecified atom stereocenters. The second-order valence-corrected chi connectivity index (χ2v) is 8.86. The number of H-pyrrole nitrogens is 1. The van der Waals surface area contributed by atoms with Crippen molar-refractivity contribution >= 4 is 23.2 Å². The smallest absolute Gasteiger partial charge is 0.322 e. The second-order valence-electron chi connectivity index (χ2n) is 8.45. The zero-order valence-electron chi connectivity index (χ0n) is 19.8. The summed E-state index contributed by atoms with van der Waals surface area (Å²) in [6.45, 7) is 1.79. The Morgan fingerprint density at radius 3 is 2.29 bits per heavy atom. The van der Waals surface area contributed by atoms with Crippen LogP contribution >= 0.6 is 11.6 Å². The van der Waals surface area contributed by atoms with Crippen molar-refractivity contribution in [3.8, 4) is 22.6 Å². The number of benzene rings is 3. The molecule has 2 heterocycles. The Balaban J connectivity index is 0.00000353. The fraction of sp³-hybridized carbons (Fsp3) is 0.0741. The normalized spacial score (nSPS) is 11.5. The molecule has 1 amide bonds. The molecule has 0 atom stereocenters. The molecule has 0 radical (unpaired) electrons. The van der Waals surface area contributed by atoms with Crippen LogP contribution in [0.3, 0.4) is 0 Å². The lowest BCUT2D eigenvalue weighted by Gasteiger charge is -2.11. The topological polar surface area (TPSA) is 84.7 Å². The van der Waals surface area contributed by atoms with Gasteiger partial charge in [-0.25, -0.2) is 4.68 Å². The van der Waals surface area contributed by atoms with E-state index in [4.69, 9.17) is 11.6 Å². The largest absolute Gasteiger partial charge is 0.435 e. The van der Waals surface area contributed by atoms with E-state index >= 15 is 0 Å². The van der Waals surface area contributed by atoms with E-state index in [1.54, 1.807) is 72.3 Å². The molecule has 194 valence electrons. The van der Waals surface area contributed by atoms with Crippen LogP contribution in [0.2, 0.25) is 5.02 Å². The molecular formula is C27H21ClF3N5O2. The van der Waals surface area contributed by atoms with Gasteiger partial charge in [-0.2, -0.15) is 18.3 Å². The number of amides is 1. The zero-order chi connectivity index (χ0) is 27.0. The molecule has 0 aliphatic carbocycles. The van der Waals surface area contributed by atoms with E-state index < -0.39 is 17.8 Å². The Morgan fingerprint density at radius 2 is 1.68 bits per heavy atom. The lowest BCUT2D eigenvalue weighted by molar-refractivity contribution is -0.141. The third-order valence-electron chi connectivity index (χ3n) is 5.82. The highest BCUT2D eigenvalue weighted by Gasteiger charge is 2.35. The van der Waals surface area contributed by atoms with E-state index in [0.29, 0.717) is 22.5 Å². The van der Waals surface area contributed by atoms with Crippen LogP contribution in [0.5, 0.6) is 0 Å². The first kappa shape index (κ1) is 25.1. The molecule has 2 N–H and O–H groups in total. The molecule has 0 bridgehead atoms. The van der Waals surface area contributed by atoms with Crippen LogP contribution in [0.15, 0.2) is 89.7 Å². The van der Waals surface area contributed by atoms with Gasteiger partial charge in [0.25, 0.3) is 11.5 Å². The number of hydrogen-bond donors (Lipinski definition) is 2. The van der Waals surface area contributed by atoms with Crippen molar-refractivity contribution in [3.05, 3.63) is 117 Å². The third-order valence-corrected chi connectivity index (χ3v) is 6.14. The Bertz CT molecular complexity index is 1690. The van der Waals surface area contributed by atoms with Crippen LogP contribution in [0.4, 0.5) is 18.9 Å². The van der Waals surface area contributed by atoms with Crippen molar-refractivity contribution in [1.29, 1.82) is 0 Å². The highest BCUT2D eigenvalue weighted by atomic mass is 35.5. The summed E-state index contributed by atoms with van der Waals surface area (Å²) in [6, 6.07) is 21.9. The number of nitrogens with one attached hydrogen (secondary N) is 2. The van der Waals surface area contributed by atoms with Gasteiger partial charge >= 0.3 is 6.18 Å². The first-order valence-electron chi connectivity index (χ1n) is 11.3. The molecule has 0 saturated heterocycles. The van der Waals surface area contributed by atoms with Crippen molar-refractivity contribution in [2.24, 2.45) is 0 Å². The Labute approximate surface area is 220 Å². The van der Waals surface area contributed by atoms with E-state index in [0.717, 1.165) is 22.1 Å². The molecule has 11 heteroatoms.